The molecule has 1 unspecified atom stereocenters. The van der Waals surface area contributed by atoms with Gasteiger partial charge in [0.25, 0.3) is 0 Å². The Labute approximate surface area is 193 Å². The molecule has 0 aromatic carbocycles. The van der Waals surface area contributed by atoms with Crippen LogP contribution < -0.4 is 10.2 Å². The SMILES string of the molecule is Cc1[nH]ncc1-c1cnc(-c2nc3sc(N(C)C4CCN[C@@H](C)C4)nc3s2)c2[nH]ccc12. The second kappa shape index (κ2) is 7.65. The minimum Gasteiger partial charge on any atom is -0.359 e. The summed E-state index contributed by atoms with van der Waals surface area (Å²) in [4.78, 5) is 22.3. The van der Waals surface area contributed by atoms with Crippen LogP contribution in [0.15, 0.2) is 24.7 Å². The standard InChI is InChI=1S/C22H24N8S2/c1-11-8-13(4-6-23-11)30(3)22-28-21-20(32-22)27-19(31-21)18-17-14(5-7-24-17)16(9-25-18)15-10-26-29-12(15)2/h5,7,9-11,13,23-24H,4,6,8H2,1-3H3,(H,26,29)/t11-,13?/m0/s1. The molecular weight excluding hydrogens is 440 g/mol. The Morgan fingerprint density at radius 1 is 1.12 bits per heavy atom. The van der Waals surface area contributed by atoms with E-state index >= 15 is 0 Å². The zero-order chi connectivity index (χ0) is 21.8. The molecule has 164 valence electrons. The fraction of sp³-hybridized carbons (Fsp3) is 0.364. The molecule has 8 nitrogen and oxygen atoms in total. The van der Waals surface area contributed by atoms with E-state index < -0.39 is 0 Å². The number of aromatic nitrogens is 6. The number of nitrogens with one attached hydrogen (secondary N) is 3. The number of H-pyrrole nitrogens is 2. The number of aromatic amines is 2. The fourth-order valence-electron chi connectivity index (χ4n) is 4.55. The number of aryl methyl sites for hydroxylation is 1. The number of hydrogen-bond donors (Lipinski definition) is 3. The summed E-state index contributed by atoms with van der Waals surface area (Å²) < 4.78 is 0. The van der Waals surface area contributed by atoms with Gasteiger partial charge in [-0.15, -0.1) is 0 Å². The van der Waals surface area contributed by atoms with Crippen LogP contribution in [-0.4, -0.2) is 55.8 Å². The highest BCUT2D eigenvalue weighted by Gasteiger charge is 2.25. The molecule has 3 N–H and O–H groups in total. The monoisotopic (exact) mass is 464 g/mol. The van der Waals surface area contributed by atoms with Crippen LogP contribution in [0, 0.1) is 6.92 Å². The fourth-order valence-corrected chi connectivity index (χ4v) is 6.62. The quantitative estimate of drug-likeness (QED) is 0.360. The molecule has 1 saturated heterocycles. The van der Waals surface area contributed by atoms with Gasteiger partial charge < -0.3 is 15.2 Å². The number of rotatable bonds is 4. The van der Waals surface area contributed by atoms with E-state index in [9.17, 15) is 0 Å². The van der Waals surface area contributed by atoms with Gasteiger partial charge in [0.05, 0.1) is 11.7 Å². The van der Waals surface area contributed by atoms with Gasteiger partial charge in [0, 0.05) is 53.7 Å². The minimum atomic E-state index is 0.519. The Morgan fingerprint density at radius 2 is 2.00 bits per heavy atom. The molecular formula is C22H24N8S2. The van der Waals surface area contributed by atoms with Crippen LogP contribution in [0.2, 0.25) is 0 Å². The molecule has 6 rings (SSSR count). The molecule has 1 aliphatic heterocycles. The Morgan fingerprint density at radius 3 is 2.78 bits per heavy atom. The number of nitrogens with zero attached hydrogens (tertiary/aromatic N) is 5. The number of fused-ring (bicyclic) bond motifs is 2. The van der Waals surface area contributed by atoms with Crippen molar-refractivity contribution in [2.75, 3.05) is 18.5 Å². The molecule has 0 amide bonds. The third-order valence-electron chi connectivity index (χ3n) is 6.33. The van der Waals surface area contributed by atoms with Crippen molar-refractivity contribution in [3.63, 3.8) is 0 Å². The normalized spacial score (nSPS) is 19.2. The molecule has 10 heteroatoms. The second-order valence-electron chi connectivity index (χ2n) is 8.47. The maximum absolute atomic E-state index is 4.93. The third kappa shape index (κ3) is 3.21. The number of hydrogen-bond acceptors (Lipinski definition) is 8. The van der Waals surface area contributed by atoms with Crippen molar-refractivity contribution in [2.45, 2.75) is 38.8 Å². The van der Waals surface area contributed by atoms with E-state index in [0.29, 0.717) is 12.1 Å². The molecule has 5 aromatic rings. The second-order valence-corrected chi connectivity index (χ2v) is 10.4. The van der Waals surface area contributed by atoms with Gasteiger partial charge >= 0.3 is 0 Å². The van der Waals surface area contributed by atoms with Gasteiger partial charge in [-0.3, -0.25) is 10.1 Å². The molecule has 2 atom stereocenters. The summed E-state index contributed by atoms with van der Waals surface area (Å²) in [7, 11) is 2.16. The Kier molecular flexibility index (Phi) is 4.74. The molecule has 1 aliphatic rings. The van der Waals surface area contributed by atoms with Crippen molar-refractivity contribution < 1.29 is 0 Å². The Hall–Kier alpha value is -2.82. The van der Waals surface area contributed by atoms with Gasteiger partial charge in [0.1, 0.15) is 10.7 Å². The highest BCUT2D eigenvalue weighted by atomic mass is 32.1. The smallest absolute Gasteiger partial charge is 0.188 e. The third-order valence-corrected chi connectivity index (χ3v) is 8.45. The molecule has 6 heterocycles. The lowest BCUT2D eigenvalue weighted by atomic mass is 10.00. The van der Waals surface area contributed by atoms with E-state index in [1.807, 2.05) is 25.5 Å². The average molecular weight is 465 g/mol. The van der Waals surface area contributed by atoms with Gasteiger partial charge in [-0.1, -0.05) is 22.7 Å². The lowest BCUT2D eigenvalue weighted by molar-refractivity contribution is 0.371. The van der Waals surface area contributed by atoms with Gasteiger partial charge in [0.15, 0.2) is 14.8 Å². The van der Waals surface area contributed by atoms with Crippen molar-refractivity contribution >= 4 is 48.4 Å². The van der Waals surface area contributed by atoms with Crippen LogP contribution >= 0.6 is 22.7 Å². The molecule has 0 spiro atoms. The largest absolute Gasteiger partial charge is 0.359 e. The highest BCUT2D eigenvalue weighted by Crippen LogP contribution is 2.39. The Bertz CT molecular complexity index is 1380. The molecule has 1 fully saturated rings. The van der Waals surface area contributed by atoms with Gasteiger partial charge in [-0.25, -0.2) is 9.97 Å². The number of piperidine rings is 1. The maximum Gasteiger partial charge on any atom is 0.188 e. The molecule has 5 aromatic heterocycles. The topological polar surface area (TPSA) is 98.4 Å². The van der Waals surface area contributed by atoms with Crippen LogP contribution in [0.4, 0.5) is 5.13 Å². The first-order valence-corrected chi connectivity index (χ1v) is 12.4. The van der Waals surface area contributed by atoms with Crippen molar-refractivity contribution in [1.82, 2.24) is 35.5 Å². The van der Waals surface area contributed by atoms with Gasteiger partial charge in [0.2, 0.25) is 0 Å². The summed E-state index contributed by atoms with van der Waals surface area (Å²) in [6, 6.07) is 3.15. The van der Waals surface area contributed by atoms with Crippen molar-refractivity contribution in [3.8, 4) is 21.8 Å². The van der Waals surface area contributed by atoms with E-state index in [-0.39, 0.29) is 0 Å². The first-order chi connectivity index (χ1) is 15.6. The summed E-state index contributed by atoms with van der Waals surface area (Å²) in [5, 5.41) is 13.8. The van der Waals surface area contributed by atoms with Gasteiger partial charge in [-0.05, 0) is 39.3 Å². The molecule has 0 saturated carbocycles. The van der Waals surface area contributed by atoms with Crippen LogP contribution in [-0.2, 0) is 0 Å². The molecule has 0 aliphatic carbocycles. The number of pyridine rings is 1. The van der Waals surface area contributed by atoms with Crippen molar-refractivity contribution in [2.24, 2.45) is 0 Å². The first kappa shape index (κ1) is 19.8. The number of thiazole rings is 2. The van der Waals surface area contributed by atoms with E-state index in [4.69, 9.17) is 15.0 Å². The molecule has 32 heavy (non-hydrogen) atoms. The zero-order valence-electron chi connectivity index (χ0n) is 18.1. The molecule has 0 bridgehead atoms. The summed E-state index contributed by atoms with van der Waals surface area (Å²) in [5.41, 5.74) is 5.02. The summed E-state index contributed by atoms with van der Waals surface area (Å²) in [6.07, 6.45) is 8.01. The highest BCUT2D eigenvalue weighted by molar-refractivity contribution is 7.29. The predicted octanol–water partition coefficient (Wildman–Crippen LogP) is 4.57. The predicted molar refractivity (Wildman–Crippen MR) is 132 cm³/mol. The van der Waals surface area contributed by atoms with E-state index in [2.05, 4.69) is 45.4 Å². The number of anilines is 1. The maximum atomic E-state index is 4.93. The van der Waals surface area contributed by atoms with Crippen molar-refractivity contribution in [3.05, 3.63) is 30.4 Å². The summed E-state index contributed by atoms with van der Waals surface area (Å²) in [5.74, 6) is 0. The van der Waals surface area contributed by atoms with E-state index in [1.165, 1.54) is 0 Å². The Balaban J connectivity index is 1.35. The van der Waals surface area contributed by atoms with Crippen LogP contribution in [0.1, 0.15) is 25.5 Å². The summed E-state index contributed by atoms with van der Waals surface area (Å²) in [6.45, 7) is 5.33. The lowest BCUT2D eigenvalue weighted by Gasteiger charge is -2.34. The summed E-state index contributed by atoms with van der Waals surface area (Å²) >= 11 is 3.28. The van der Waals surface area contributed by atoms with E-state index in [1.54, 1.807) is 22.7 Å². The zero-order valence-corrected chi connectivity index (χ0v) is 19.8. The lowest BCUT2D eigenvalue weighted by Crippen LogP contribution is -2.45. The van der Waals surface area contributed by atoms with Crippen LogP contribution in [0.25, 0.3) is 42.4 Å². The van der Waals surface area contributed by atoms with Crippen LogP contribution in [0.5, 0.6) is 0 Å². The molecule has 0 radical (unpaired) electrons. The van der Waals surface area contributed by atoms with Crippen LogP contribution in [0.3, 0.4) is 0 Å². The van der Waals surface area contributed by atoms with E-state index in [0.717, 1.165) is 72.6 Å². The van der Waals surface area contributed by atoms with Crippen molar-refractivity contribution in [1.29, 1.82) is 0 Å². The first-order valence-electron chi connectivity index (χ1n) is 10.8. The average Bonchev–Trinajstić information content (AvgIpc) is 3.56. The minimum absolute atomic E-state index is 0.519. The van der Waals surface area contributed by atoms with Gasteiger partial charge in [-0.2, -0.15) is 5.10 Å².